The number of phenolic OH excluding ortho intramolecular Hbond substituents is 1. The van der Waals surface area contributed by atoms with Crippen LogP contribution in [-0.4, -0.2) is 79.7 Å². The molecule has 0 unspecified atom stereocenters. The molecule has 2 aromatic rings. The highest BCUT2D eigenvalue weighted by Crippen LogP contribution is 2.57. The molecular formula is C28H29N3O8. The second-order valence-corrected chi connectivity index (χ2v) is 10.6. The SMILES string of the molecule is C[C@H]1c2cc(-c3ccccc3)c(N)c(O)c2C(O)=C2C(=O)[C@]3(O)C(O)=C(C(N)=O)C(=O)[C@@H](N(C)C)[C@@H]3[C@@H](O)[C@@H]21. The third-order valence-corrected chi connectivity index (χ3v) is 8.37. The number of Topliss-reactive ketones (excluding diaryl/α,β-unsaturated/α-hetero) is 2. The lowest BCUT2D eigenvalue weighted by Crippen LogP contribution is -2.70. The lowest BCUT2D eigenvalue weighted by atomic mass is 9.54. The van der Waals surface area contributed by atoms with Gasteiger partial charge in [0.15, 0.2) is 11.4 Å². The van der Waals surface area contributed by atoms with Crippen molar-refractivity contribution in [3.63, 3.8) is 0 Å². The molecule has 9 N–H and O–H groups in total. The summed E-state index contributed by atoms with van der Waals surface area (Å²) in [5, 5.41) is 56.9. The number of nitrogens with two attached hydrogens (primary N) is 2. The molecule has 1 amide bonds. The Balaban J connectivity index is 1.81. The molecule has 2 aromatic carbocycles. The van der Waals surface area contributed by atoms with Crippen LogP contribution in [0.15, 0.2) is 53.3 Å². The Bertz CT molecular complexity index is 1510. The molecule has 0 aromatic heterocycles. The van der Waals surface area contributed by atoms with E-state index in [-0.39, 0.29) is 11.3 Å². The summed E-state index contributed by atoms with van der Waals surface area (Å²) in [7, 11) is 2.91. The van der Waals surface area contributed by atoms with Crippen molar-refractivity contribution < 1.29 is 39.9 Å². The molecule has 0 saturated heterocycles. The lowest BCUT2D eigenvalue weighted by Gasteiger charge is -2.53. The molecule has 0 spiro atoms. The minimum absolute atomic E-state index is 0.0622. The third kappa shape index (κ3) is 3.30. The number of nitrogen functional groups attached to an aromatic ring is 1. The van der Waals surface area contributed by atoms with Gasteiger partial charge in [0.25, 0.3) is 5.91 Å². The first kappa shape index (κ1) is 26.4. The predicted octanol–water partition coefficient (Wildman–Crippen LogP) is 0.745. The smallest absolute Gasteiger partial charge is 0.255 e. The van der Waals surface area contributed by atoms with Crippen LogP contribution in [0.25, 0.3) is 16.9 Å². The number of hydrogen-bond acceptors (Lipinski definition) is 10. The van der Waals surface area contributed by atoms with Gasteiger partial charge in [-0.3, -0.25) is 19.3 Å². The number of anilines is 1. The number of rotatable bonds is 3. The van der Waals surface area contributed by atoms with E-state index >= 15 is 0 Å². The fourth-order valence-corrected chi connectivity index (χ4v) is 6.55. The molecule has 0 heterocycles. The van der Waals surface area contributed by atoms with Crippen LogP contribution in [0, 0.1) is 11.8 Å². The zero-order valence-corrected chi connectivity index (χ0v) is 21.4. The Kier molecular flexibility index (Phi) is 5.87. The van der Waals surface area contributed by atoms with Crippen molar-refractivity contribution in [2.75, 3.05) is 19.8 Å². The number of primary amides is 1. The molecule has 11 heteroatoms. The fraction of sp³-hybridized carbons (Fsp3) is 0.321. The van der Waals surface area contributed by atoms with Gasteiger partial charge in [0, 0.05) is 17.1 Å². The monoisotopic (exact) mass is 535 g/mol. The number of amides is 1. The first-order chi connectivity index (χ1) is 18.3. The minimum atomic E-state index is -2.96. The molecule has 11 nitrogen and oxygen atoms in total. The minimum Gasteiger partial charge on any atom is -0.508 e. The summed E-state index contributed by atoms with van der Waals surface area (Å²) < 4.78 is 0. The Morgan fingerprint density at radius 2 is 1.69 bits per heavy atom. The standard InChI is InChI=1S/C28H29N3O8/c1-10-12-9-13(11-7-5-4-6-8-11)19(29)23(34)15(12)21(32)16-14(10)22(33)18-20(31(2)3)24(35)17(27(30)38)26(37)28(18,39)25(16)36/h4-10,14,18,20,22,32-34,37,39H,29H2,1-3H3,(H2,30,38)/t10-,14+,18+,20-,22-,28-/m0/s1. The van der Waals surface area contributed by atoms with Crippen LogP contribution in [0.3, 0.4) is 0 Å². The fourth-order valence-electron chi connectivity index (χ4n) is 6.55. The lowest BCUT2D eigenvalue weighted by molar-refractivity contribution is -0.169. The maximum atomic E-state index is 14.0. The van der Waals surface area contributed by atoms with Crippen LogP contribution in [-0.2, 0) is 14.4 Å². The first-order valence-corrected chi connectivity index (χ1v) is 12.3. The topological polar surface area (TPSA) is 208 Å². The van der Waals surface area contributed by atoms with Crippen molar-refractivity contribution in [3.8, 4) is 16.9 Å². The molecule has 1 saturated carbocycles. The van der Waals surface area contributed by atoms with Gasteiger partial charge in [0.1, 0.15) is 22.8 Å². The van der Waals surface area contributed by atoms with Gasteiger partial charge in [0.2, 0.25) is 5.78 Å². The second kappa shape index (κ2) is 8.67. The summed E-state index contributed by atoms with van der Waals surface area (Å²) in [6.45, 7) is 1.67. The summed E-state index contributed by atoms with van der Waals surface area (Å²) in [6.07, 6.45) is -1.67. The van der Waals surface area contributed by atoms with Crippen molar-refractivity contribution in [2.45, 2.75) is 30.6 Å². The van der Waals surface area contributed by atoms with E-state index in [0.717, 1.165) is 0 Å². The van der Waals surface area contributed by atoms with E-state index in [2.05, 4.69) is 0 Å². The number of hydrogen-bond donors (Lipinski definition) is 7. The van der Waals surface area contributed by atoms with Gasteiger partial charge in [-0.25, -0.2) is 0 Å². The van der Waals surface area contributed by atoms with Crippen molar-refractivity contribution in [3.05, 3.63) is 64.4 Å². The van der Waals surface area contributed by atoms with E-state index < -0.39 is 81.4 Å². The molecule has 204 valence electrons. The van der Waals surface area contributed by atoms with Crippen LogP contribution < -0.4 is 11.5 Å². The molecule has 0 bridgehead atoms. The van der Waals surface area contributed by atoms with Gasteiger partial charge in [-0.1, -0.05) is 37.3 Å². The number of aromatic hydroxyl groups is 1. The largest absolute Gasteiger partial charge is 0.508 e. The highest BCUT2D eigenvalue weighted by Gasteiger charge is 2.68. The van der Waals surface area contributed by atoms with Crippen molar-refractivity contribution in [2.24, 2.45) is 17.6 Å². The average Bonchev–Trinajstić information content (AvgIpc) is 2.88. The summed E-state index contributed by atoms with van der Waals surface area (Å²) in [5.74, 6) is -9.56. The highest BCUT2D eigenvalue weighted by atomic mass is 16.4. The van der Waals surface area contributed by atoms with Gasteiger partial charge in [0.05, 0.1) is 29.3 Å². The Morgan fingerprint density at radius 3 is 2.26 bits per heavy atom. The number of aliphatic hydroxyl groups is 4. The average molecular weight is 536 g/mol. The number of nitrogens with zero attached hydrogens (tertiary/aromatic N) is 1. The molecule has 3 aliphatic carbocycles. The zero-order chi connectivity index (χ0) is 28.7. The molecule has 5 rings (SSSR count). The molecule has 0 aliphatic heterocycles. The Labute approximate surface area is 223 Å². The van der Waals surface area contributed by atoms with Crippen LogP contribution in [0.4, 0.5) is 5.69 Å². The predicted molar refractivity (Wildman–Crippen MR) is 140 cm³/mol. The maximum absolute atomic E-state index is 14.0. The number of fused-ring (bicyclic) bond motifs is 3. The second-order valence-electron chi connectivity index (χ2n) is 10.6. The molecule has 3 aliphatic rings. The van der Waals surface area contributed by atoms with Crippen LogP contribution in [0.2, 0.25) is 0 Å². The van der Waals surface area contributed by atoms with Gasteiger partial charge < -0.3 is 37.0 Å². The molecule has 39 heavy (non-hydrogen) atoms. The van der Waals surface area contributed by atoms with Crippen LogP contribution in [0.1, 0.15) is 24.0 Å². The van der Waals surface area contributed by atoms with Crippen molar-refractivity contribution in [1.29, 1.82) is 0 Å². The summed E-state index contributed by atoms with van der Waals surface area (Å²) in [6, 6.07) is 9.20. The van der Waals surface area contributed by atoms with Gasteiger partial charge >= 0.3 is 0 Å². The van der Waals surface area contributed by atoms with E-state index in [1.54, 1.807) is 37.3 Å². The maximum Gasteiger partial charge on any atom is 0.255 e. The van der Waals surface area contributed by atoms with Gasteiger partial charge in [-0.15, -0.1) is 0 Å². The quantitative estimate of drug-likeness (QED) is 0.167. The number of benzene rings is 2. The van der Waals surface area contributed by atoms with Crippen molar-refractivity contribution >= 4 is 28.9 Å². The summed E-state index contributed by atoms with van der Waals surface area (Å²) in [4.78, 5) is 40.7. The Hall–Kier alpha value is -4.19. The van der Waals surface area contributed by atoms with E-state index in [1.807, 2.05) is 6.07 Å². The number of likely N-dealkylation sites (N-methyl/N-ethyl adjacent to an activating group) is 1. The molecule has 6 atom stereocenters. The van der Waals surface area contributed by atoms with Gasteiger partial charge in [-0.05, 0) is 37.2 Å². The zero-order valence-electron chi connectivity index (χ0n) is 21.4. The molecule has 1 fully saturated rings. The number of carbonyl (C=O) groups excluding carboxylic acids is 3. The molecular weight excluding hydrogens is 506 g/mol. The number of ketones is 2. The summed E-state index contributed by atoms with van der Waals surface area (Å²) in [5.41, 5.74) is 8.49. The number of phenols is 1. The van der Waals surface area contributed by atoms with E-state index in [4.69, 9.17) is 11.5 Å². The third-order valence-electron chi connectivity index (χ3n) is 8.37. The van der Waals surface area contributed by atoms with Gasteiger partial charge in [-0.2, -0.15) is 0 Å². The van der Waals surface area contributed by atoms with E-state index in [1.165, 1.54) is 19.0 Å². The normalized spacial score (nSPS) is 30.3. The summed E-state index contributed by atoms with van der Waals surface area (Å²) >= 11 is 0. The van der Waals surface area contributed by atoms with Crippen LogP contribution in [0.5, 0.6) is 5.75 Å². The van der Waals surface area contributed by atoms with E-state index in [0.29, 0.717) is 16.7 Å². The van der Waals surface area contributed by atoms with Crippen molar-refractivity contribution in [1.82, 2.24) is 4.90 Å². The van der Waals surface area contributed by atoms with Crippen LogP contribution >= 0.6 is 0 Å². The first-order valence-electron chi connectivity index (χ1n) is 12.3. The number of aliphatic hydroxyl groups excluding tert-OH is 3. The Morgan fingerprint density at radius 1 is 1.08 bits per heavy atom. The highest BCUT2D eigenvalue weighted by molar-refractivity contribution is 6.24. The number of carbonyl (C=O) groups is 3. The van der Waals surface area contributed by atoms with E-state index in [9.17, 15) is 39.9 Å². The molecule has 0 radical (unpaired) electrons.